The summed E-state index contributed by atoms with van der Waals surface area (Å²) in [6.07, 6.45) is 2.41. The zero-order valence-electron chi connectivity index (χ0n) is 16.5. The average Bonchev–Trinajstić information content (AvgIpc) is 3.23. The fourth-order valence-corrected chi connectivity index (χ4v) is 4.86. The van der Waals surface area contributed by atoms with Crippen LogP contribution in [0.2, 0.25) is 0 Å². The molecule has 0 saturated heterocycles. The lowest BCUT2D eigenvalue weighted by atomic mass is 10.2. The Morgan fingerprint density at radius 1 is 1.31 bits per heavy atom. The number of aryl methyl sites for hydroxylation is 1. The molecule has 0 spiro atoms. The summed E-state index contributed by atoms with van der Waals surface area (Å²) in [5, 5.41) is 13.7. The lowest BCUT2D eigenvalue weighted by molar-refractivity contribution is 0.0513. The second-order valence-corrected chi connectivity index (χ2v) is 8.52. The molecule has 0 aliphatic rings. The quantitative estimate of drug-likeness (QED) is 0.434. The number of ether oxygens (including phenoxy) is 1. The highest BCUT2D eigenvalue weighted by atomic mass is 32.2. The second-order valence-electron chi connectivity index (χ2n) is 6.61. The van der Waals surface area contributed by atoms with Crippen molar-refractivity contribution in [3.8, 4) is 6.07 Å². The summed E-state index contributed by atoms with van der Waals surface area (Å²) in [6, 6.07) is 8.25. The molecule has 29 heavy (non-hydrogen) atoms. The van der Waals surface area contributed by atoms with E-state index in [1.165, 1.54) is 12.1 Å². The molecule has 3 rings (SSSR count). The fraction of sp³-hybridized carbons (Fsp3) is 0.350. The number of fused-ring (bicyclic) bond motifs is 1. The minimum atomic E-state index is -3.86. The average molecular weight is 414 g/mol. The number of esters is 1. The first-order valence-electron chi connectivity index (χ1n) is 9.22. The maximum absolute atomic E-state index is 13.3. The Bertz CT molecular complexity index is 1220. The van der Waals surface area contributed by atoms with Crippen LogP contribution >= 0.6 is 0 Å². The summed E-state index contributed by atoms with van der Waals surface area (Å²) >= 11 is 0. The van der Waals surface area contributed by atoms with E-state index >= 15 is 0 Å². The molecule has 2 heterocycles. The van der Waals surface area contributed by atoms with Crippen LogP contribution in [0.5, 0.6) is 0 Å². The molecule has 8 nitrogen and oxygen atoms in total. The van der Waals surface area contributed by atoms with Gasteiger partial charge in [-0.2, -0.15) is 10.4 Å². The zero-order chi connectivity index (χ0) is 21.2. The molecule has 3 aromatic rings. The van der Waals surface area contributed by atoms with Crippen molar-refractivity contribution in [1.82, 2.24) is 14.3 Å². The van der Waals surface area contributed by atoms with Crippen molar-refractivity contribution in [2.45, 2.75) is 43.0 Å². The van der Waals surface area contributed by atoms with Crippen LogP contribution < -0.4 is 0 Å². The molecule has 0 aliphatic heterocycles. The van der Waals surface area contributed by atoms with E-state index in [0.717, 1.165) is 5.52 Å². The van der Waals surface area contributed by atoms with E-state index in [1.54, 1.807) is 48.5 Å². The highest BCUT2D eigenvalue weighted by Crippen LogP contribution is 2.29. The van der Waals surface area contributed by atoms with E-state index in [-0.39, 0.29) is 22.1 Å². The van der Waals surface area contributed by atoms with Crippen molar-refractivity contribution in [3.05, 3.63) is 41.9 Å². The Balaban J connectivity index is 2.10. The number of hydrogen-bond donors (Lipinski definition) is 0. The summed E-state index contributed by atoms with van der Waals surface area (Å²) in [7, 11) is -2.08. The van der Waals surface area contributed by atoms with E-state index < -0.39 is 15.8 Å². The SMILES string of the molecule is CCOC(=O)c1cc(S(=O)(=O)c2ccc3c(cnn3C)c2)c(C)n1CCCC#N. The molecule has 152 valence electrons. The number of carbonyl (C=O) groups excluding carboxylic acids is 1. The molecule has 9 heteroatoms. The van der Waals surface area contributed by atoms with Gasteiger partial charge in [-0.05, 0) is 44.5 Å². The van der Waals surface area contributed by atoms with Gasteiger partial charge in [0.1, 0.15) is 5.69 Å². The Morgan fingerprint density at radius 2 is 2.07 bits per heavy atom. The standard InChI is InChI=1S/C20H22N4O4S/c1-4-28-20(25)18-12-19(14(2)24(18)10-6-5-9-21)29(26,27)16-7-8-17-15(11-16)13-22-23(17)3/h7-8,11-13H,4-6,10H2,1-3H3. The van der Waals surface area contributed by atoms with E-state index in [1.807, 2.05) is 0 Å². The summed E-state index contributed by atoms with van der Waals surface area (Å²) in [5.41, 5.74) is 1.43. The number of carbonyl (C=O) groups is 1. The number of hydrogen-bond acceptors (Lipinski definition) is 6. The molecule has 0 atom stereocenters. The smallest absolute Gasteiger partial charge is 0.354 e. The molecule has 1 aromatic carbocycles. The topological polar surface area (TPSA) is 107 Å². The van der Waals surface area contributed by atoms with Crippen LogP contribution in [0.25, 0.3) is 10.9 Å². The predicted molar refractivity (Wildman–Crippen MR) is 106 cm³/mol. The van der Waals surface area contributed by atoms with Crippen LogP contribution in [0.15, 0.2) is 40.3 Å². The summed E-state index contributed by atoms with van der Waals surface area (Å²) in [6.45, 7) is 3.88. The summed E-state index contributed by atoms with van der Waals surface area (Å²) in [5.74, 6) is -0.586. The first-order chi connectivity index (χ1) is 13.8. The molecule has 0 bridgehead atoms. The monoisotopic (exact) mass is 414 g/mol. The Morgan fingerprint density at radius 3 is 2.76 bits per heavy atom. The van der Waals surface area contributed by atoms with Crippen LogP contribution in [0, 0.1) is 18.3 Å². The van der Waals surface area contributed by atoms with E-state index in [9.17, 15) is 13.2 Å². The minimum Gasteiger partial charge on any atom is -0.461 e. The van der Waals surface area contributed by atoms with Gasteiger partial charge in [0.05, 0.1) is 34.2 Å². The van der Waals surface area contributed by atoms with Gasteiger partial charge in [0.25, 0.3) is 0 Å². The fourth-order valence-electron chi connectivity index (χ4n) is 3.31. The second kappa shape index (κ2) is 8.09. The number of sulfone groups is 1. The Kier molecular flexibility index (Phi) is 5.75. The van der Waals surface area contributed by atoms with Gasteiger partial charge < -0.3 is 9.30 Å². The van der Waals surface area contributed by atoms with Gasteiger partial charge in [-0.15, -0.1) is 0 Å². The van der Waals surface area contributed by atoms with Crippen molar-refractivity contribution in [1.29, 1.82) is 5.26 Å². The molecule has 0 saturated carbocycles. The first kappa shape index (κ1) is 20.6. The lowest BCUT2D eigenvalue weighted by Crippen LogP contribution is -2.13. The van der Waals surface area contributed by atoms with E-state index in [0.29, 0.717) is 30.5 Å². The van der Waals surface area contributed by atoms with E-state index in [2.05, 4.69) is 11.2 Å². The summed E-state index contributed by atoms with van der Waals surface area (Å²) < 4.78 is 35.0. The van der Waals surface area contributed by atoms with Gasteiger partial charge in [-0.3, -0.25) is 4.68 Å². The van der Waals surface area contributed by atoms with Crippen molar-refractivity contribution < 1.29 is 17.9 Å². The van der Waals surface area contributed by atoms with Crippen molar-refractivity contribution in [2.24, 2.45) is 7.05 Å². The number of rotatable bonds is 7. The molecular formula is C20H22N4O4S. The van der Waals surface area contributed by atoms with Gasteiger partial charge in [-0.1, -0.05) is 0 Å². The third-order valence-electron chi connectivity index (χ3n) is 4.79. The van der Waals surface area contributed by atoms with Crippen molar-refractivity contribution >= 4 is 26.7 Å². The molecule has 0 radical (unpaired) electrons. The number of nitriles is 1. The number of unbranched alkanes of at least 4 members (excludes halogenated alkanes) is 1. The maximum Gasteiger partial charge on any atom is 0.354 e. The number of benzene rings is 1. The lowest BCUT2D eigenvalue weighted by Gasteiger charge is -2.10. The van der Waals surface area contributed by atoms with Crippen LogP contribution in [-0.2, 0) is 28.2 Å². The van der Waals surface area contributed by atoms with Crippen LogP contribution in [-0.4, -0.2) is 35.3 Å². The molecule has 0 N–H and O–H groups in total. The zero-order valence-corrected chi connectivity index (χ0v) is 17.4. The van der Waals surface area contributed by atoms with Gasteiger partial charge in [0.2, 0.25) is 9.84 Å². The highest BCUT2D eigenvalue weighted by molar-refractivity contribution is 7.91. The third kappa shape index (κ3) is 3.76. The van der Waals surface area contributed by atoms with Crippen LogP contribution in [0.1, 0.15) is 35.9 Å². The maximum atomic E-state index is 13.3. The largest absolute Gasteiger partial charge is 0.461 e. The molecule has 0 amide bonds. The predicted octanol–water partition coefficient (Wildman–Crippen LogP) is 3.00. The molecule has 0 fully saturated rings. The van der Waals surface area contributed by atoms with Crippen molar-refractivity contribution in [3.63, 3.8) is 0 Å². The number of nitrogens with zero attached hydrogens (tertiary/aromatic N) is 4. The van der Waals surface area contributed by atoms with Gasteiger partial charge in [0.15, 0.2) is 0 Å². The Labute approximate surface area is 169 Å². The number of aromatic nitrogens is 3. The van der Waals surface area contributed by atoms with Crippen LogP contribution in [0.4, 0.5) is 0 Å². The Hall–Kier alpha value is -3.12. The third-order valence-corrected chi connectivity index (χ3v) is 6.66. The van der Waals surface area contributed by atoms with E-state index in [4.69, 9.17) is 10.00 Å². The first-order valence-corrected chi connectivity index (χ1v) is 10.7. The highest BCUT2D eigenvalue weighted by Gasteiger charge is 2.28. The molecular weight excluding hydrogens is 392 g/mol. The normalized spacial score (nSPS) is 11.5. The van der Waals surface area contributed by atoms with Crippen LogP contribution in [0.3, 0.4) is 0 Å². The molecule has 0 aliphatic carbocycles. The molecule has 0 unspecified atom stereocenters. The van der Waals surface area contributed by atoms with Crippen molar-refractivity contribution in [2.75, 3.05) is 6.61 Å². The van der Waals surface area contributed by atoms with Gasteiger partial charge in [0, 0.05) is 31.1 Å². The summed E-state index contributed by atoms with van der Waals surface area (Å²) in [4.78, 5) is 12.6. The van der Waals surface area contributed by atoms with Gasteiger partial charge in [-0.25, -0.2) is 13.2 Å². The van der Waals surface area contributed by atoms with Gasteiger partial charge >= 0.3 is 5.97 Å². The molecule has 2 aromatic heterocycles. The minimum absolute atomic E-state index is 0.0563.